The molecule has 27 heavy (non-hydrogen) atoms. The lowest BCUT2D eigenvalue weighted by Gasteiger charge is -2.15. The number of hydrogen-bond donors (Lipinski definition) is 4. The number of para-hydroxylation sites is 3. The summed E-state index contributed by atoms with van der Waals surface area (Å²) in [5.41, 5.74) is 0.970. The quantitative estimate of drug-likeness (QED) is 0.322. The molecule has 4 N–H and O–H groups in total. The second kappa shape index (κ2) is 9.76. The first-order valence-corrected chi connectivity index (χ1v) is 8.35. The summed E-state index contributed by atoms with van der Waals surface area (Å²) < 4.78 is 0. The van der Waals surface area contributed by atoms with E-state index in [2.05, 4.69) is 21.3 Å². The van der Waals surface area contributed by atoms with Crippen LogP contribution >= 0.6 is 0 Å². The van der Waals surface area contributed by atoms with E-state index in [-0.39, 0.29) is 18.1 Å². The van der Waals surface area contributed by atoms with Crippen LogP contribution in [-0.4, -0.2) is 36.0 Å². The van der Waals surface area contributed by atoms with Gasteiger partial charge in [0.25, 0.3) is 5.69 Å². The first-order chi connectivity index (χ1) is 13.0. The summed E-state index contributed by atoms with van der Waals surface area (Å²) in [5, 5.41) is 21.7. The Morgan fingerprint density at radius 1 is 1.04 bits per heavy atom. The van der Waals surface area contributed by atoms with Crippen molar-refractivity contribution < 1.29 is 14.5 Å². The lowest BCUT2D eigenvalue weighted by Crippen LogP contribution is -2.47. The van der Waals surface area contributed by atoms with Crippen LogP contribution in [0, 0.1) is 10.1 Å². The largest absolute Gasteiger partial charge is 0.378 e. The van der Waals surface area contributed by atoms with Crippen LogP contribution in [0.3, 0.4) is 0 Å². The van der Waals surface area contributed by atoms with Gasteiger partial charge in [0, 0.05) is 24.8 Å². The SMILES string of the molecule is C[C@H](NC(=O)Nc1ccccc1)C(=O)NCCNc1ccccc1[N+](=O)[O-]. The van der Waals surface area contributed by atoms with Crippen molar-refractivity contribution in [1.82, 2.24) is 10.6 Å². The summed E-state index contributed by atoms with van der Waals surface area (Å²) in [6, 6.07) is 13.9. The Labute approximate surface area is 156 Å². The van der Waals surface area contributed by atoms with Gasteiger partial charge in [0.05, 0.1) is 4.92 Å². The maximum atomic E-state index is 12.0. The number of nitro benzene ring substituents is 1. The smallest absolute Gasteiger partial charge is 0.319 e. The number of benzene rings is 2. The molecule has 0 spiro atoms. The Hall–Kier alpha value is -3.62. The summed E-state index contributed by atoms with van der Waals surface area (Å²) in [6.45, 7) is 2.12. The number of rotatable bonds is 8. The summed E-state index contributed by atoms with van der Waals surface area (Å²) in [4.78, 5) is 34.4. The van der Waals surface area contributed by atoms with Gasteiger partial charge in [0.2, 0.25) is 5.91 Å². The number of nitrogens with zero attached hydrogens (tertiary/aromatic N) is 1. The Kier molecular flexibility index (Phi) is 7.12. The average Bonchev–Trinajstić information content (AvgIpc) is 2.65. The summed E-state index contributed by atoms with van der Waals surface area (Å²) >= 11 is 0. The van der Waals surface area contributed by atoms with E-state index in [4.69, 9.17) is 0 Å². The van der Waals surface area contributed by atoms with Crippen LogP contribution in [0.1, 0.15) is 6.92 Å². The fraction of sp³-hybridized carbons (Fsp3) is 0.222. The van der Waals surface area contributed by atoms with Crippen LogP contribution in [0.2, 0.25) is 0 Å². The Morgan fingerprint density at radius 3 is 2.41 bits per heavy atom. The predicted molar refractivity (Wildman–Crippen MR) is 103 cm³/mol. The Morgan fingerprint density at radius 2 is 1.70 bits per heavy atom. The first-order valence-electron chi connectivity index (χ1n) is 8.35. The molecule has 9 nitrogen and oxygen atoms in total. The third kappa shape index (κ3) is 6.31. The normalized spacial score (nSPS) is 11.1. The highest BCUT2D eigenvalue weighted by Gasteiger charge is 2.15. The minimum Gasteiger partial charge on any atom is -0.378 e. The van der Waals surface area contributed by atoms with Crippen molar-refractivity contribution in [2.75, 3.05) is 23.7 Å². The maximum absolute atomic E-state index is 12.0. The number of nitro groups is 1. The monoisotopic (exact) mass is 371 g/mol. The van der Waals surface area contributed by atoms with Gasteiger partial charge < -0.3 is 21.3 Å². The van der Waals surface area contributed by atoms with Gasteiger partial charge in [-0.3, -0.25) is 14.9 Å². The van der Waals surface area contributed by atoms with Gasteiger partial charge in [-0.05, 0) is 25.1 Å². The van der Waals surface area contributed by atoms with Gasteiger partial charge >= 0.3 is 6.03 Å². The number of carbonyl (C=O) groups excluding carboxylic acids is 2. The molecule has 0 aromatic heterocycles. The van der Waals surface area contributed by atoms with Crippen LogP contribution in [0.5, 0.6) is 0 Å². The molecule has 0 unspecified atom stereocenters. The number of hydrogen-bond acceptors (Lipinski definition) is 5. The van der Waals surface area contributed by atoms with Gasteiger partial charge in [-0.15, -0.1) is 0 Å². The van der Waals surface area contributed by atoms with Crippen molar-refractivity contribution in [2.45, 2.75) is 13.0 Å². The molecule has 0 aliphatic carbocycles. The molecule has 0 bridgehead atoms. The topological polar surface area (TPSA) is 125 Å². The Balaban J connectivity index is 1.72. The molecule has 3 amide bonds. The molecule has 1 atom stereocenters. The van der Waals surface area contributed by atoms with E-state index in [1.165, 1.54) is 6.07 Å². The van der Waals surface area contributed by atoms with Crippen molar-refractivity contribution in [2.24, 2.45) is 0 Å². The highest BCUT2D eigenvalue weighted by atomic mass is 16.6. The molecule has 0 saturated carbocycles. The predicted octanol–water partition coefficient (Wildman–Crippen LogP) is 2.33. The van der Waals surface area contributed by atoms with E-state index >= 15 is 0 Å². The van der Waals surface area contributed by atoms with Crippen LogP contribution in [-0.2, 0) is 4.79 Å². The number of nitrogens with one attached hydrogen (secondary N) is 4. The fourth-order valence-electron chi connectivity index (χ4n) is 2.27. The van der Waals surface area contributed by atoms with Crippen molar-refractivity contribution in [3.8, 4) is 0 Å². The van der Waals surface area contributed by atoms with E-state index in [9.17, 15) is 19.7 Å². The van der Waals surface area contributed by atoms with Gasteiger partial charge in [-0.1, -0.05) is 30.3 Å². The average molecular weight is 371 g/mol. The standard InChI is InChI=1S/C18H21N5O4/c1-13(21-18(25)22-14-7-3-2-4-8-14)17(24)20-12-11-19-15-9-5-6-10-16(15)23(26)27/h2-10,13,19H,11-12H2,1H3,(H,20,24)(H2,21,22,25)/t13-/m0/s1. The zero-order valence-electron chi connectivity index (χ0n) is 14.8. The fourth-order valence-corrected chi connectivity index (χ4v) is 2.27. The molecule has 2 aromatic carbocycles. The van der Waals surface area contributed by atoms with E-state index in [0.717, 1.165) is 0 Å². The van der Waals surface area contributed by atoms with Crippen LogP contribution in [0.25, 0.3) is 0 Å². The van der Waals surface area contributed by atoms with Gasteiger partial charge in [-0.25, -0.2) is 4.79 Å². The zero-order chi connectivity index (χ0) is 19.6. The lowest BCUT2D eigenvalue weighted by molar-refractivity contribution is -0.384. The molecular weight excluding hydrogens is 350 g/mol. The number of carbonyl (C=O) groups is 2. The molecule has 9 heteroatoms. The molecular formula is C18H21N5O4. The van der Waals surface area contributed by atoms with Crippen molar-refractivity contribution >= 4 is 29.0 Å². The molecule has 2 rings (SSSR count). The van der Waals surface area contributed by atoms with Gasteiger partial charge in [0.15, 0.2) is 0 Å². The highest BCUT2D eigenvalue weighted by molar-refractivity contribution is 5.93. The van der Waals surface area contributed by atoms with E-state index in [1.54, 1.807) is 49.4 Å². The number of amides is 3. The lowest BCUT2D eigenvalue weighted by atomic mass is 10.2. The van der Waals surface area contributed by atoms with Crippen molar-refractivity contribution in [3.63, 3.8) is 0 Å². The number of anilines is 2. The maximum Gasteiger partial charge on any atom is 0.319 e. The highest BCUT2D eigenvalue weighted by Crippen LogP contribution is 2.22. The molecule has 0 aliphatic rings. The molecule has 0 heterocycles. The van der Waals surface area contributed by atoms with Crippen LogP contribution in [0.15, 0.2) is 54.6 Å². The Bertz CT molecular complexity index is 797. The van der Waals surface area contributed by atoms with Crippen LogP contribution in [0.4, 0.5) is 21.9 Å². The van der Waals surface area contributed by atoms with E-state index in [1.807, 2.05) is 6.07 Å². The van der Waals surface area contributed by atoms with Crippen molar-refractivity contribution in [1.29, 1.82) is 0 Å². The van der Waals surface area contributed by atoms with Gasteiger partial charge in [-0.2, -0.15) is 0 Å². The second-order valence-electron chi connectivity index (χ2n) is 5.68. The molecule has 0 aliphatic heterocycles. The summed E-state index contributed by atoms with van der Waals surface area (Å²) in [6.07, 6.45) is 0. The minimum atomic E-state index is -0.736. The summed E-state index contributed by atoms with van der Waals surface area (Å²) in [5.74, 6) is -0.359. The molecule has 0 saturated heterocycles. The van der Waals surface area contributed by atoms with E-state index in [0.29, 0.717) is 17.9 Å². The zero-order valence-corrected chi connectivity index (χ0v) is 14.8. The van der Waals surface area contributed by atoms with Crippen molar-refractivity contribution in [3.05, 3.63) is 64.7 Å². The first kappa shape index (κ1) is 19.7. The van der Waals surface area contributed by atoms with Gasteiger partial charge in [0.1, 0.15) is 11.7 Å². The number of urea groups is 1. The van der Waals surface area contributed by atoms with Crippen LogP contribution < -0.4 is 21.3 Å². The molecule has 0 fully saturated rings. The minimum absolute atomic E-state index is 0.0311. The molecule has 0 radical (unpaired) electrons. The molecule has 142 valence electrons. The summed E-state index contributed by atoms with van der Waals surface area (Å²) in [7, 11) is 0. The third-order valence-electron chi connectivity index (χ3n) is 3.61. The van der Waals surface area contributed by atoms with E-state index < -0.39 is 17.0 Å². The third-order valence-corrected chi connectivity index (χ3v) is 3.61. The molecule has 2 aromatic rings. The second-order valence-corrected chi connectivity index (χ2v) is 5.68.